The van der Waals surface area contributed by atoms with Gasteiger partial charge in [-0.05, 0) is 46.6 Å². The number of fused-ring (bicyclic) bond motifs is 3. The molecule has 175 valence electrons. The van der Waals surface area contributed by atoms with E-state index in [4.69, 9.17) is 4.55 Å². The van der Waals surface area contributed by atoms with E-state index in [9.17, 15) is 8.42 Å². The van der Waals surface area contributed by atoms with Gasteiger partial charge >= 0.3 is 0 Å². The number of nitrogens with zero attached hydrogens (tertiary/aromatic N) is 1. The van der Waals surface area contributed by atoms with Crippen LogP contribution in [0.1, 0.15) is 34.6 Å². The molecule has 0 unspecified atom stereocenters. The van der Waals surface area contributed by atoms with Crippen LogP contribution in [0.3, 0.4) is 0 Å². The summed E-state index contributed by atoms with van der Waals surface area (Å²) in [6.45, 7) is 12.0. The van der Waals surface area contributed by atoms with Gasteiger partial charge in [0.1, 0.15) is 0 Å². The fraction of sp³-hybridized carbons (Fsp3) is 0.440. The second kappa shape index (κ2) is 12.6. The molecule has 31 heavy (non-hydrogen) atoms. The summed E-state index contributed by atoms with van der Waals surface area (Å²) in [7, 11) is -3.67. The maximum atomic E-state index is 9.19. The van der Waals surface area contributed by atoms with Crippen molar-refractivity contribution >= 4 is 31.8 Å². The minimum Gasteiger partial charge on any atom is -0.358 e. The molecule has 0 amide bonds. The van der Waals surface area contributed by atoms with Crippen LogP contribution in [0.25, 0.3) is 21.7 Å². The van der Waals surface area contributed by atoms with Crippen LogP contribution < -0.4 is 0 Å². The molecule has 1 heterocycles. The van der Waals surface area contributed by atoms with E-state index in [0.29, 0.717) is 6.26 Å². The van der Waals surface area contributed by atoms with Crippen molar-refractivity contribution in [1.82, 2.24) is 4.98 Å². The van der Waals surface area contributed by atoms with Crippen molar-refractivity contribution in [1.29, 1.82) is 0 Å². The molecule has 2 aromatic carbocycles. The van der Waals surface area contributed by atoms with Crippen molar-refractivity contribution in [2.24, 2.45) is 29.6 Å². The van der Waals surface area contributed by atoms with E-state index < -0.39 is 10.1 Å². The first-order valence-electron chi connectivity index (χ1n) is 10.1. The quantitative estimate of drug-likeness (QED) is 0.181. The van der Waals surface area contributed by atoms with E-state index in [1.807, 2.05) is 24.4 Å². The minimum absolute atomic E-state index is 0. The van der Waals surface area contributed by atoms with Crippen LogP contribution in [0.5, 0.6) is 0 Å². The Bertz CT molecular complexity index is 947. The van der Waals surface area contributed by atoms with E-state index >= 15 is 0 Å². The molecule has 1 N–H and O–H groups in total. The Kier molecular flexibility index (Phi) is 12.1. The average Bonchev–Trinajstić information content (AvgIpc) is 2.85. The van der Waals surface area contributed by atoms with E-state index in [-0.39, 0.29) is 27.5 Å². The van der Waals surface area contributed by atoms with Gasteiger partial charge in [-0.15, -0.1) is 35.0 Å². The van der Waals surface area contributed by atoms with Gasteiger partial charge in [-0.3, -0.25) is 4.55 Å². The standard InChI is InChI=1S/C13H8N.C10H20.CH4O3S.CH3.Ir/c1-2-6-12-10(4-1)7-8-11-5-3-9-14-13(11)12;1-6-7(2)9(4)10(5)8(6)3;1-5(2,3)4;;/h1-5,7-9H;6-10H,1-5H3;1H3,(H,2,3,4);1H3;/q-1;;;-1;. The Morgan fingerprint density at radius 3 is 1.74 bits per heavy atom. The van der Waals surface area contributed by atoms with Crippen molar-refractivity contribution in [3.05, 3.63) is 62.2 Å². The molecule has 0 spiro atoms. The van der Waals surface area contributed by atoms with Crippen LogP contribution in [0.2, 0.25) is 0 Å². The van der Waals surface area contributed by atoms with Crippen molar-refractivity contribution in [2.75, 3.05) is 6.26 Å². The fourth-order valence-electron chi connectivity index (χ4n) is 4.13. The Labute approximate surface area is 202 Å². The predicted octanol–water partition coefficient (Wildman–Crippen LogP) is 6.32. The van der Waals surface area contributed by atoms with Gasteiger partial charge in [0, 0.05) is 26.3 Å². The largest absolute Gasteiger partial charge is 0.358 e. The van der Waals surface area contributed by atoms with Gasteiger partial charge in [0.15, 0.2) is 0 Å². The smallest absolute Gasteiger partial charge is 0.261 e. The molecule has 0 aliphatic heterocycles. The summed E-state index contributed by atoms with van der Waals surface area (Å²) in [6, 6.07) is 17.5. The number of pyridine rings is 1. The molecular weight excluding hydrogens is 587 g/mol. The Morgan fingerprint density at radius 1 is 0.839 bits per heavy atom. The summed E-state index contributed by atoms with van der Waals surface area (Å²) in [4.78, 5) is 4.38. The normalized spacial score (nSPS) is 24.7. The van der Waals surface area contributed by atoms with Crippen LogP contribution >= 0.6 is 0 Å². The molecule has 0 bridgehead atoms. The van der Waals surface area contributed by atoms with Crippen LogP contribution in [0, 0.1) is 43.1 Å². The maximum absolute atomic E-state index is 9.19. The summed E-state index contributed by atoms with van der Waals surface area (Å²) >= 11 is 0. The van der Waals surface area contributed by atoms with Crippen LogP contribution in [0.15, 0.2) is 48.7 Å². The number of benzene rings is 2. The van der Waals surface area contributed by atoms with Crippen molar-refractivity contribution in [3.8, 4) is 0 Å². The maximum Gasteiger partial charge on any atom is 0.261 e. The summed E-state index contributed by atoms with van der Waals surface area (Å²) in [5.74, 6) is 4.68. The average molecular weight is 622 g/mol. The minimum atomic E-state index is -3.67. The first-order valence-corrected chi connectivity index (χ1v) is 11.9. The number of aromatic nitrogens is 1. The van der Waals surface area contributed by atoms with E-state index in [0.717, 1.165) is 40.5 Å². The Hall–Kier alpha value is -1.33. The number of hydrogen-bond acceptors (Lipinski definition) is 3. The first kappa shape index (κ1) is 29.7. The molecule has 0 atom stereocenters. The van der Waals surface area contributed by atoms with Crippen molar-refractivity contribution in [3.63, 3.8) is 0 Å². The van der Waals surface area contributed by atoms with Gasteiger partial charge in [-0.2, -0.15) is 8.42 Å². The third-order valence-corrected chi connectivity index (χ3v) is 6.55. The van der Waals surface area contributed by atoms with Gasteiger partial charge in [-0.1, -0.05) is 52.8 Å². The number of rotatable bonds is 0. The van der Waals surface area contributed by atoms with Crippen LogP contribution in [0.4, 0.5) is 0 Å². The van der Waals surface area contributed by atoms with Gasteiger partial charge in [0.05, 0.1) is 6.26 Å². The third-order valence-electron chi connectivity index (χ3n) is 6.55. The monoisotopic (exact) mass is 622 g/mol. The molecule has 6 heteroatoms. The summed E-state index contributed by atoms with van der Waals surface area (Å²) in [6.07, 6.45) is 2.54. The zero-order valence-corrected chi connectivity index (χ0v) is 22.7. The molecule has 0 saturated heterocycles. The molecule has 3 aromatic rings. The molecule has 4 rings (SSSR count). The van der Waals surface area contributed by atoms with Crippen molar-refractivity contribution in [2.45, 2.75) is 34.6 Å². The first-order chi connectivity index (χ1) is 13.5. The van der Waals surface area contributed by atoms with E-state index in [2.05, 4.69) is 69.9 Å². The zero-order chi connectivity index (χ0) is 21.8. The summed E-state index contributed by atoms with van der Waals surface area (Å²) < 4.78 is 25.9. The van der Waals surface area contributed by atoms with Gasteiger partial charge in [-0.25, -0.2) is 0 Å². The van der Waals surface area contributed by atoms with Gasteiger partial charge < -0.3 is 12.4 Å². The second-order valence-corrected chi connectivity index (χ2v) is 9.77. The molecule has 4 nitrogen and oxygen atoms in total. The molecule has 1 saturated carbocycles. The van der Waals surface area contributed by atoms with Gasteiger partial charge in [0.2, 0.25) is 0 Å². The molecule has 1 aliphatic carbocycles. The molecule has 1 fully saturated rings. The number of hydrogen-bond donors (Lipinski definition) is 1. The molecular formula is C25H35IrNO3S-2. The molecule has 1 aliphatic rings. The predicted molar refractivity (Wildman–Crippen MR) is 128 cm³/mol. The topological polar surface area (TPSA) is 67.3 Å². The molecule has 1 radical (unpaired) electrons. The van der Waals surface area contributed by atoms with Gasteiger partial charge in [0.25, 0.3) is 10.1 Å². The SMILES string of the molecule is CC1C(C)C(C)C(C)C1C.CS(=O)(=O)O.[CH3-].[Ir].[c-]1cccc2ccc3cccnc3c12. The Balaban J connectivity index is 0.000000471. The Morgan fingerprint density at radius 2 is 1.26 bits per heavy atom. The summed E-state index contributed by atoms with van der Waals surface area (Å²) in [5.41, 5.74) is 1.03. The summed E-state index contributed by atoms with van der Waals surface area (Å²) in [5, 5.41) is 3.46. The second-order valence-electron chi connectivity index (χ2n) is 8.30. The third kappa shape index (κ3) is 8.27. The fourth-order valence-corrected chi connectivity index (χ4v) is 4.13. The van der Waals surface area contributed by atoms with Crippen LogP contribution in [-0.2, 0) is 30.2 Å². The van der Waals surface area contributed by atoms with Crippen LogP contribution in [-0.4, -0.2) is 24.2 Å². The van der Waals surface area contributed by atoms with E-state index in [1.54, 1.807) is 0 Å². The van der Waals surface area contributed by atoms with E-state index in [1.165, 1.54) is 10.8 Å². The molecule has 1 aromatic heterocycles. The zero-order valence-electron chi connectivity index (χ0n) is 19.5. The van der Waals surface area contributed by atoms with Crippen molar-refractivity contribution < 1.29 is 33.1 Å².